The van der Waals surface area contributed by atoms with Crippen LogP contribution in [0.25, 0.3) is 6.08 Å². The van der Waals surface area contributed by atoms with Gasteiger partial charge in [-0.3, -0.25) is 10.2 Å². The molecule has 2 aliphatic heterocycles. The molecule has 0 radical (unpaired) electrons. The number of hydrogen-bond donors (Lipinski definition) is 1. The number of amides is 1. The van der Waals surface area contributed by atoms with E-state index < -0.39 is 5.91 Å². The highest BCUT2D eigenvalue weighted by Crippen LogP contribution is 2.30. The molecule has 0 aliphatic carbocycles. The highest BCUT2D eigenvalue weighted by molar-refractivity contribution is 8.27. The topological polar surface area (TPSA) is 78.1 Å². The number of nitrogens with one attached hydrogen (secondary N) is 1. The summed E-state index contributed by atoms with van der Waals surface area (Å²) in [5.74, 6) is 0.314. The lowest BCUT2D eigenvalue weighted by molar-refractivity contribution is -0.114. The van der Waals surface area contributed by atoms with E-state index in [2.05, 4.69) is 10.1 Å². The first kappa shape index (κ1) is 16.3. The summed E-state index contributed by atoms with van der Waals surface area (Å²) in [5.41, 5.74) is 1.92. The van der Waals surface area contributed by atoms with Crippen LogP contribution < -0.4 is 4.74 Å². The Kier molecular flexibility index (Phi) is 4.14. The fraction of sp³-hybridized carbons (Fsp3) is 0.0526. The number of benzene rings is 2. The molecule has 0 fully saturated rings. The summed E-state index contributed by atoms with van der Waals surface area (Å²) in [6, 6.07) is 16.9. The number of hydrazone groups is 1. The van der Waals surface area contributed by atoms with Crippen molar-refractivity contribution in [1.82, 2.24) is 5.01 Å². The van der Waals surface area contributed by atoms with Crippen molar-refractivity contribution in [1.29, 1.82) is 5.41 Å². The standard InChI is InChI=1S/C19H14N4O2S/c1-25-14-9-7-12(8-10-14)11-15-16(20)23-19(21-17(15)24)26-18(22-23)13-5-3-2-4-6-13/h2-11,20H,1H3/b15-11-,20-16?. The fourth-order valence-corrected chi connectivity index (χ4v) is 3.45. The molecule has 0 atom stereocenters. The Morgan fingerprint density at radius 3 is 2.54 bits per heavy atom. The summed E-state index contributed by atoms with van der Waals surface area (Å²) in [6.07, 6.45) is 1.64. The van der Waals surface area contributed by atoms with Crippen molar-refractivity contribution >= 4 is 39.8 Å². The predicted molar refractivity (Wildman–Crippen MR) is 104 cm³/mol. The fourth-order valence-electron chi connectivity index (χ4n) is 2.56. The molecule has 26 heavy (non-hydrogen) atoms. The van der Waals surface area contributed by atoms with Crippen LogP contribution in [0.5, 0.6) is 5.75 Å². The molecule has 128 valence electrons. The van der Waals surface area contributed by atoms with Gasteiger partial charge in [-0.05, 0) is 35.5 Å². The largest absolute Gasteiger partial charge is 0.497 e. The van der Waals surface area contributed by atoms with Gasteiger partial charge in [-0.1, -0.05) is 42.5 Å². The Morgan fingerprint density at radius 1 is 1.12 bits per heavy atom. The van der Waals surface area contributed by atoms with Gasteiger partial charge >= 0.3 is 0 Å². The molecule has 7 heteroatoms. The van der Waals surface area contributed by atoms with Gasteiger partial charge < -0.3 is 4.74 Å². The SMILES string of the molecule is COc1ccc(/C=C2/C(=N)N3N=C(c4ccccc4)SC3=NC2=O)cc1. The summed E-state index contributed by atoms with van der Waals surface area (Å²) in [5, 5.41) is 15.4. The van der Waals surface area contributed by atoms with Crippen molar-refractivity contribution in [3.63, 3.8) is 0 Å². The quantitative estimate of drug-likeness (QED) is 0.849. The Labute approximate surface area is 154 Å². The Hall–Kier alpha value is -3.19. The van der Waals surface area contributed by atoms with Gasteiger partial charge in [0.15, 0.2) is 5.84 Å². The van der Waals surface area contributed by atoms with Crippen LogP contribution >= 0.6 is 11.8 Å². The van der Waals surface area contributed by atoms with E-state index >= 15 is 0 Å². The van der Waals surface area contributed by atoms with E-state index in [-0.39, 0.29) is 11.4 Å². The van der Waals surface area contributed by atoms with Crippen LogP contribution in [-0.2, 0) is 4.79 Å². The van der Waals surface area contributed by atoms with E-state index in [1.54, 1.807) is 25.3 Å². The highest BCUT2D eigenvalue weighted by atomic mass is 32.2. The molecular formula is C19H14N4O2S. The molecular weight excluding hydrogens is 348 g/mol. The summed E-state index contributed by atoms with van der Waals surface area (Å²) in [6.45, 7) is 0. The molecule has 0 saturated heterocycles. The van der Waals surface area contributed by atoms with E-state index in [0.717, 1.165) is 16.9 Å². The number of carbonyl (C=O) groups is 1. The van der Waals surface area contributed by atoms with E-state index in [1.165, 1.54) is 16.8 Å². The van der Waals surface area contributed by atoms with Gasteiger partial charge in [-0.25, -0.2) is 0 Å². The number of nitrogens with zero attached hydrogens (tertiary/aromatic N) is 3. The summed E-state index contributed by atoms with van der Waals surface area (Å²) < 4.78 is 5.13. The van der Waals surface area contributed by atoms with Gasteiger partial charge in [0, 0.05) is 5.56 Å². The molecule has 4 rings (SSSR count). The molecule has 0 bridgehead atoms. The van der Waals surface area contributed by atoms with Crippen LogP contribution in [0.15, 0.2) is 70.3 Å². The first-order chi connectivity index (χ1) is 12.7. The number of hydrogen-bond acceptors (Lipinski definition) is 5. The first-order valence-corrected chi connectivity index (χ1v) is 8.67. The second-order valence-electron chi connectivity index (χ2n) is 5.56. The Morgan fingerprint density at radius 2 is 1.85 bits per heavy atom. The second kappa shape index (κ2) is 6.61. The molecule has 1 N–H and O–H groups in total. The number of thioether (sulfide) groups is 1. The van der Waals surface area contributed by atoms with Crippen LogP contribution in [-0.4, -0.2) is 34.1 Å². The molecule has 2 heterocycles. The van der Waals surface area contributed by atoms with Gasteiger partial charge in [0.25, 0.3) is 5.91 Å². The molecule has 2 aromatic rings. The van der Waals surface area contributed by atoms with Crippen molar-refractivity contribution in [3.05, 3.63) is 71.3 Å². The molecule has 2 aliphatic rings. The van der Waals surface area contributed by atoms with Gasteiger partial charge in [0.1, 0.15) is 10.8 Å². The molecule has 0 spiro atoms. The maximum absolute atomic E-state index is 12.4. The number of carbonyl (C=O) groups excluding carboxylic acids is 1. The Bertz CT molecular complexity index is 978. The number of amidine groups is 2. The monoisotopic (exact) mass is 362 g/mol. The number of aliphatic imine (C=N–C) groups is 1. The van der Waals surface area contributed by atoms with Gasteiger partial charge in [0.2, 0.25) is 5.17 Å². The van der Waals surface area contributed by atoms with Gasteiger partial charge in [-0.15, -0.1) is 0 Å². The minimum absolute atomic E-state index is 0.0225. The molecule has 0 aromatic heterocycles. The van der Waals surface area contributed by atoms with Crippen LogP contribution in [0.3, 0.4) is 0 Å². The number of fused-ring (bicyclic) bond motifs is 1. The normalized spacial score (nSPS) is 17.9. The lowest BCUT2D eigenvalue weighted by Gasteiger charge is -2.20. The van der Waals surface area contributed by atoms with E-state index in [0.29, 0.717) is 10.2 Å². The molecule has 2 aromatic carbocycles. The molecule has 1 amide bonds. The van der Waals surface area contributed by atoms with Gasteiger partial charge in [0.05, 0.1) is 12.7 Å². The lowest BCUT2D eigenvalue weighted by atomic mass is 10.1. The third-order valence-corrected chi connectivity index (χ3v) is 4.86. The first-order valence-electron chi connectivity index (χ1n) is 7.85. The van der Waals surface area contributed by atoms with Crippen molar-refractivity contribution in [2.75, 3.05) is 7.11 Å². The highest BCUT2D eigenvalue weighted by Gasteiger charge is 2.35. The van der Waals surface area contributed by atoms with E-state index in [1.807, 2.05) is 42.5 Å². The summed E-state index contributed by atoms with van der Waals surface area (Å²) in [4.78, 5) is 16.5. The summed E-state index contributed by atoms with van der Waals surface area (Å²) >= 11 is 1.29. The van der Waals surface area contributed by atoms with Crippen molar-refractivity contribution in [3.8, 4) is 5.75 Å². The van der Waals surface area contributed by atoms with E-state index in [4.69, 9.17) is 10.1 Å². The minimum atomic E-state index is -0.436. The van der Waals surface area contributed by atoms with Crippen molar-refractivity contribution < 1.29 is 9.53 Å². The van der Waals surface area contributed by atoms with E-state index in [9.17, 15) is 4.79 Å². The maximum atomic E-state index is 12.4. The van der Waals surface area contributed by atoms with Crippen LogP contribution in [0, 0.1) is 5.41 Å². The number of ether oxygens (including phenoxy) is 1. The van der Waals surface area contributed by atoms with Crippen molar-refractivity contribution in [2.45, 2.75) is 0 Å². The Balaban J connectivity index is 1.66. The molecule has 0 saturated carbocycles. The summed E-state index contributed by atoms with van der Waals surface area (Å²) in [7, 11) is 1.59. The van der Waals surface area contributed by atoms with Crippen LogP contribution in [0.1, 0.15) is 11.1 Å². The molecule has 6 nitrogen and oxygen atoms in total. The average Bonchev–Trinajstić information content (AvgIpc) is 3.10. The smallest absolute Gasteiger partial charge is 0.283 e. The lowest BCUT2D eigenvalue weighted by Crippen LogP contribution is -2.35. The second-order valence-corrected chi connectivity index (χ2v) is 6.52. The average molecular weight is 362 g/mol. The third kappa shape index (κ3) is 2.93. The zero-order valence-electron chi connectivity index (χ0n) is 13.8. The maximum Gasteiger partial charge on any atom is 0.283 e. The zero-order valence-corrected chi connectivity index (χ0v) is 14.7. The molecule has 0 unspecified atom stereocenters. The predicted octanol–water partition coefficient (Wildman–Crippen LogP) is 3.36. The zero-order chi connectivity index (χ0) is 18.1. The third-order valence-electron chi connectivity index (χ3n) is 3.90. The number of rotatable bonds is 3. The van der Waals surface area contributed by atoms with Crippen LogP contribution in [0.4, 0.5) is 0 Å². The minimum Gasteiger partial charge on any atom is -0.497 e. The van der Waals surface area contributed by atoms with Crippen LogP contribution in [0.2, 0.25) is 0 Å². The number of methoxy groups -OCH3 is 1. The van der Waals surface area contributed by atoms with Crippen molar-refractivity contribution in [2.24, 2.45) is 10.1 Å². The van der Waals surface area contributed by atoms with Gasteiger partial charge in [-0.2, -0.15) is 15.1 Å².